The molecule has 0 aliphatic rings. The summed E-state index contributed by atoms with van der Waals surface area (Å²) < 4.78 is 13.7. The topological polar surface area (TPSA) is 46.2 Å². The van der Waals surface area contributed by atoms with Gasteiger partial charge in [0.1, 0.15) is 11.6 Å². The predicted octanol–water partition coefficient (Wildman–Crippen LogP) is 4.99. The number of ketones is 1. The number of carbonyl (C=O) groups excluding carboxylic acids is 2. The number of rotatable bonds is 9. The van der Waals surface area contributed by atoms with Crippen LogP contribution in [0.15, 0.2) is 18.2 Å². The number of carbonyl (C=O) groups is 2. The number of benzene rings is 1. The first-order valence-electron chi connectivity index (χ1n) is 8.42. The SMILES string of the molecule is CC(C)C(=O)CCCCCc1cc(F)cc(NC(=O)C(C)C)c1.[HH]. The average Bonchev–Trinajstić information content (AvgIpc) is 2.45. The van der Waals surface area contributed by atoms with E-state index in [2.05, 4.69) is 5.32 Å². The lowest BCUT2D eigenvalue weighted by Crippen LogP contribution is -2.17. The molecule has 0 heterocycles. The quantitative estimate of drug-likeness (QED) is 0.650. The number of amides is 1. The van der Waals surface area contributed by atoms with E-state index in [1.165, 1.54) is 12.1 Å². The number of unbranched alkanes of at least 4 members (excludes halogenated alkanes) is 2. The molecule has 0 saturated carbocycles. The predicted molar refractivity (Wildman–Crippen MR) is 94.0 cm³/mol. The lowest BCUT2D eigenvalue weighted by atomic mass is 10.0. The first kappa shape index (κ1) is 19.3. The second-order valence-corrected chi connectivity index (χ2v) is 6.67. The molecule has 0 atom stereocenters. The molecule has 0 unspecified atom stereocenters. The van der Waals surface area contributed by atoms with Gasteiger partial charge in [0.15, 0.2) is 0 Å². The zero-order valence-electron chi connectivity index (χ0n) is 14.6. The minimum atomic E-state index is -0.337. The molecule has 1 N–H and O–H groups in total. The van der Waals surface area contributed by atoms with Gasteiger partial charge in [-0.15, -0.1) is 0 Å². The van der Waals surface area contributed by atoms with Gasteiger partial charge in [-0.25, -0.2) is 4.39 Å². The van der Waals surface area contributed by atoms with Crippen LogP contribution in [0.3, 0.4) is 0 Å². The fourth-order valence-corrected chi connectivity index (χ4v) is 2.25. The Kier molecular flexibility index (Phi) is 7.93. The molecule has 0 bridgehead atoms. The highest BCUT2D eigenvalue weighted by molar-refractivity contribution is 5.92. The molecule has 0 aliphatic carbocycles. The molecule has 1 rings (SSSR count). The summed E-state index contributed by atoms with van der Waals surface area (Å²) in [6.07, 6.45) is 4.10. The normalized spacial score (nSPS) is 11.1. The third kappa shape index (κ3) is 7.40. The molecule has 1 aromatic carbocycles. The van der Waals surface area contributed by atoms with E-state index in [-0.39, 0.29) is 25.0 Å². The van der Waals surface area contributed by atoms with Crippen LogP contribution in [0.5, 0.6) is 0 Å². The number of hydrogen-bond acceptors (Lipinski definition) is 2. The maximum absolute atomic E-state index is 13.7. The minimum absolute atomic E-state index is 0. The molecule has 4 heteroatoms. The van der Waals surface area contributed by atoms with E-state index >= 15 is 0 Å². The fraction of sp³-hybridized carbons (Fsp3) is 0.579. The van der Waals surface area contributed by atoms with Crippen molar-refractivity contribution in [2.45, 2.75) is 59.8 Å². The zero-order valence-corrected chi connectivity index (χ0v) is 14.6. The van der Waals surface area contributed by atoms with Crippen LogP contribution in [0.4, 0.5) is 10.1 Å². The Balaban J connectivity index is 0.00000529. The summed E-state index contributed by atoms with van der Waals surface area (Å²) in [5.41, 5.74) is 1.38. The van der Waals surface area contributed by atoms with Crippen molar-refractivity contribution in [2.75, 3.05) is 5.32 Å². The lowest BCUT2D eigenvalue weighted by Gasteiger charge is -2.10. The van der Waals surface area contributed by atoms with E-state index in [9.17, 15) is 14.0 Å². The van der Waals surface area contributed by atoms with Crippen LogP contribution in [0, 0.1) is 17.7 Å². The highest BCUT2D eigenvalue weighted by atomic mass is 19.1. The van der Waals surface area contributed by atoms with E-state index in [4.69, 9.17) is 0 Å². The molecule has 1 amide bonds. The second-order valence-electron chi connectivity index (χ2n) is 6.67. The Morgan fingerprint density at radius 1 is 1.04 bits per heavy atom. The van der Waals surface area contributed by atoms with E-state index in [0.29, 0.717) is 17.9 Å². The van der Waals surface area contributed by atoms with Crippen molar-refractivity contribution in [3.63, 3.8) is 0 Å². The first-order chi connectivity index (χ1) is 10.8. The van der Waals surface area contributed by atoms with Gasteiger partial charge in [-0.3, -0.25) is 9.59 Å². The standard InChI is InChI=1S/C19H28FNO2.H2/c1-13(2)18(22)9-7-5-6-8-15-10-16(20)12-17(11-15)21-19(23)14(3)4;/h10-14H,5-9H2,1-4H3,(H,21,23);1H. The van der Waals surface area contributed by atoms with Crippen molar-refractivity contribution >= 4 is 17.4 Å². The highest BCUT2D eigenvalue weighted by Crippen LogP contribution is 2.17. The molecule has 0 radical (unpaired) electrons. The van der Waals surface area contributed by atoms with Crippen molar-refractivity contribution in [3.05, 3.63) is 29.6 Å². The summed E-state index contributed by atoms with van der Waals surface area (Å²) in [4.78, 5) is 23.2. The van der Waals surface area contributed by atoms with Gasteiger partial charge in [0.05, 0.1) is 0 Å². The van der Waals surface area contributed by atoms with Crippen molar-refractivity contribution in [1.82, 2.24) is 0 Å². The van der Waals surface area contributed by atoms with Crippen LogP contribution < -0.4 is 5.32 Å². The number of hydrogen-bond donors (Lipinski definition) is 1. The fourth-order valence-electron chi connectivity index (χ4n) is 2.25. The van der Waals surface area contributed by atoms with Gasteiger partial charge in [-0.1, -0.05) is 34.1 Å². The lowest BCUT2D eigenvalue weighted by molar-refractivity contribution is -0.122. The van der Waals surface area contributed by atoms with Gasteiger partial charge < -0.3 is 5.32 Å². The smallest absolute Gasteiger partial charge is 0.226 e. The number of anilines is 1. The molecule has 0 aliphatic heterocycles. The minimum Gasteiger partial charge on any atom is -0.326 e. The second kappa shape index (κ2) is 9.43. The van der Waals surface area contributed by atoms with Gasteiger partial charge in [-0.05, 0) is 43.0 Å². The summed E-state index contributed by atoms with van der Waals surface area (Å²) >= 11 is 0. The van der Waals surface area contributed by atoms with Gasteiger partial charge in [-0.2, -0.15) is 0 Å². The summed E-state index contributed by atoms with van der Waals surface area (Å²) in [5.74, 6) is -0.190. The van der Waals surface area contributed by atoms with E-state index in [1.807, 2.05) is 19.9 Å². The van der Waals surface area contributed by atoms with Crippen molar-refractivity contribution in [2.24, 2.45) is 11.8 Å². The molecular weight excluding hydrogens is 293 g/mol. The van der Waals surface area contributed by atoms with Crippen LogP contribution in [0.2, 0.25) is 0 Å². The third-order valence-electron chi connectivity index (χ3n) is 3.78. The Bertz CT molecular complexity index is 544. The zero-order chi connectivity index (χ0) is 17.4. The number of nitrogens with one attached hydrogen (secondary N) is 1. The number of Topliss-reactive ketones (excluding diaryl/α,β-unsaturated/α-hetero) is 1. The van der Waals surface area contributed by atoms with Crippen LogP contribution in [0.25, 0.3) is 0 Å². The Hall–Kier alpha value is -1.71. The molecule has 0 spiro atoms. The summed E-state index contributed by atoms with van der Waals surface area (Å²) in [7, 11) is 0. The number of halogens is 1. The van der Waals surface area contributed by atoms with E-state index < -0.39 is 0 Å². The van der Waals surface area contributed by atoms with E-state index in [1.54, 1.807) is 13.8 Å². The maximum atomic E-state index is 13.7. The molecule has 0 fully saturated rings. The molecule has 0 saturated heterocycles. The van der Waals surface area contributed by atoms with Crippen LogP contribution in [0.1, 0.15) is 60.4 Å². The molecule has 130 valence electrons. The molecule has 0 aromatic heterocycles. The highest BCUT2D eigenvalue weighted by Gasteiger charge is 2.09. The van der Waals surface area contributed by atoms with Crippen molar-refractivity contribution in [3.8, 4) is 0 Å². The Morgan fingerprint density at radius 2 is 1.74 bits per heavy atom. The monoisotopic (exact) mass is 323 g/mol. The molecular formula is C19H30FNO2. The molecule has 3 nitrogen and oxygen atoms in total. The van der Waals surface area contributed by atoms with Crippen LogP contribution in [-0.2, 0) is 16.0 Å². The Morgan fingerprint density at radius 3 is 2.35 bits per heavy atom. The van der Waals surface area contributed by atoms with Crippen LogP contribution >= 0.6 is 0 Å². The molecule has 23 heavy (non-hydrogen) atoms. The largest absolute Gasteiger partial charge is 0.326 e. The van der Waals surface area contributed by atoms with E-state index in [0.717, 1.165) is 31.2 Å². The van der Waals surface area contributed by atoms with Gasteiger partial charge in [0.25, 0.3) is 0 Å². The number of aryl methyl sites for hydroxylation is 1. The van der Waals surface area contributed by atoms with Crippen molar-refractivity contribution < 1.29 is 15.4 Å². The average molecular weight is 323 g/mol. The summed E-state index contributed by atoms with van der Waals surface area (Å²) in [6.45, 7) is 7.44. The summed E-state index contributed by atoms with van der Waals surface area (Å²) in [6, 6.07) is 4.66. The van der Waals surface area contributed by atoms with Gasteiger partial charge in [0.2, 0.25) is 5.91 Å². The summed E-state index contributed by atoms with van der Waals surface area (Å²) in [5, 5.41) is 2.73. The van der Waals surface area contributed by atoms with Gasteiger partial charge >= 0.3 is 0 Å². The maximum Gasteiger partial charge on any atom is 0.226 e. The van der Waals surface area contributed by atoms with Gasteiger partial charge in [0, 0.05) is 25.4 Å². The van der Waals surface area contributed by atoms with Crippen LogP contribution in [-0.4, -0.2) is 11.7 Å². The van der Waals surface area contributed by atoms with Crippen molar-refractivity contribution in [1.29, 1.82) is 0 Å². The first-order valence-corrected chi connectivity index (χ1v) is 8.42. The third-order valence-corrected chi connectivity index (χ3v) is 3.78. The molecule has 1 aromatic rings. The Labute approximate surface area is 140 Å².